The molecule has 0 saturated carbocycles. The fourth-order valence-corrected chi connectivity index (χ4v) is 10.2. The van der Waals surface area contributed by atoms with Crippen LogP contribution in [0.5, 0.6) is 0 Å². The molecule has 0 radical (unpaired) electrons. The van der Waals surface area contributed by atoms with Gasteiger partial charge in [-0.2, -0.15) is 0 Å². The van der Waals surface area contributed by atoms with Crippen LogP contribution in [0.4, 0.5) is 0 Å². The van der Waals surface area contributed by atoms with Crippen LogP contribution in [-0.2, 0) is 6.42 Å². The summed E-state index contributed by atoms with van der Waals surface area (Å²) < 4.78 is 10.7. The van der Waals surface area contributed by atoms with Crippen LogP contribution in [-0.4, -0.2) is 22.7 Å². The van der Waals surface area contributed by atoms with Gasteiger partial charge in [0.25, 0.3) is 0 Å². The van der Waals surface area contributed by atoms with Gasteiger partial charge < -0.3 is 0 Å². The first kappa shape index (κ1) is 24.0. The van der Waals surface area contributed by atoms with Gasteiger partial charge >= 0.3 is 231 Å². The van der Waals surface area contributed by atoms with Crippen molar-refractivity contribution < 1.29 is 4.42 Å². The number of nitrogens with zero attached hydrogens (tertiary/aromatic N) is 2. The Morgan fingerprint density at radius 3 is 2.25 bits per heavy atom. The first-order chi connectivity index (χ1) is 19.3. The summed E-state index contributed by atoms with van der Waals surface area (Å²) in [5.41, 5.74) is 9.12. The molecule has 0 amide bonds. The van der Waals surface area contributed by atoms with E-state index in [-0.39, 0.29) is 0 Å². The van der Waals surface area contributed by atoms with E-state index in [1.54, 1.807) is 0 Å². The molecule has 0 spiro atoms. The van der Waals surface area contributed by atoms with Gasteiger partial charge in [-0.1, -0.05) is 6.07 Å². The quantitative estimate of drug-likeness (QED) is 0.194. The Labute approximate surface area is 236 Å². The molecule has 0 aliphatic heterocycles. The van der Waals surface area contributed by atoms with E-state index < -0.39 is 13.3 Å². The van der Waals surface area contributed by atoms with Gasteiger partial charge in [-0.25, -0.2) is 0 Å². The Bertz CT molecular complexity index is 2260. The molecule has 0 aliphatic carbocycles. The summed E-state index contributed by atoms with van der Waals surface area (Å²) in [5, 5.41) is 7.44. The molecule has 196 valence electrons. The molecule has 4 aromatic heterocycles. The van der Waals surface area contributed by atoms with Crippen LogP contribution in [0.1, 0.15) is 19.4 Å². The van der Waals surface area contributed by atoms with Crippen molar-refractivity contribution in [3.63, 3.8) is 0 Å². The van der Waals surface area contributed by atoms with Gasteiger partial charge in [0.2, 0.25) is 0 Å². The van der Waals surface area contributed by atoms with Crippen LogP contribution < -0.4 is 4.40 Å². The minimum atomic E-state index is -2.10. The minimum absolute atomic E-state index is 0.585. The van der Waals surface area contributed by atoms with E-state index in [0.29, 0.717) is 5.92 Å². The molecule has 0 atom stereocenters. The molecule has 0 fully saturated rings. The predicted octanol–water partition coefficient (Wildman–Crippen LogP) is 9.54. The van der Waals surface area contributed by atoms with Crippen molar-refractivity contribution in [2.24, 2.45) is 5.92 Å². The van der Waals surface area contributed by atoms with Crippen molar-refractivity contribution in [1.82, 2.24) is 9.38 Å². The van der Waals surface area contributed by atoms with Gasteiger partial charge in [-0.15, -0.1) is 0 Å². The monoisotopic (exact) mass is 582 g/mol. The van der Waals surface area contributed by atoms with Crippen molar-refractivity contribution in [3.05, 3.63) is 90.6 Å². The van der Waals surface area contributed by atoms with Crippen LogP contribution in [0.25, 0.3) is 71.3 Å². The number of pyridine rings is 1. The summed E-state index contributed by atoms with van der Waals surface area (Å²) in [5.74, 6) is 7.98. The average molecular weight is 581 g/mol. The Morgan fingerprint density at radius 1 is 0.775 bits per heavy atom. The second kappa shape index (κ2) is 8.34. The normalized spacial score (nSPS) is 12.9. The zero-order chi connectivity index (χ0) is 27.3. The van der Waals surface area contributed by atoms with Gasteiger partial charge in [-0.05, 0) is 0 Å². The molecule has 8 aromatic rings. The summed E-state index contributed by atoms with van der Waals surface area (Å²) in [4.78, 5) is 5.14. The maximum absolute atomic E-state index is 6.72. The summed E-state index contributed by atoms with van der Waals surface area (Å²) >= 11 is -2.10. The SMILES string of the molecule is CC(C)Cc1cc(-c2cc3c4cccc5c6ccccc6n(c54)c3c3c2oc2ccccc23)nc[c]1[Ge]([CH3])([CH3])[CH3]. The summed E-state index contributed by atoms with van der Waals surface area (Å²) in [7, 11) is 0. The molecule has 3 nitrogen and oxygen atoms in total. The summed E-state index contributed by atoms with van der Waals surface area (Å²) in [6, 6.07) is 28.7. The third-order valence-electron chi connectivity index (χ3n) is 8.53. The van der Waals surface area contributed by atoms with E-state index >= 15 is 0 Å². The van der Waals surface area contributed by atoms with Gasteiger partial charge in [0.05, 0.1) is 0 Å². The molecular formula is C36H32GeN2O. The Morgan fingerprint density at radius 2 is 1.48 bits per heavy atom. The number of hydrogen-bond acceptors (Lipinski definition) is 2. The molecule has 4 heterocycles. The number of para-hydroxylation sites is 3. The van der Waals surface area contributed by atoms with Crippen LogP contribution in [0.3, 0.4) is 0 Å². The predicted molar refractivity (Wildman–Crippen MR) is 173 cm³/mol. The van der Waals surface area contributed by atoms with Gasteiger partial charge in [0, 0.05) is 0 Å². The first-order valence-electron chi connectivity index (χ1n) is 14.3. The third kappa shape index (κ3) is 3.27. The molecule has 0 unspecified atom stereocenters. The van der Waals surface area contributed by atoms with Crippen molar-refractivity contribution >= 4 is 77.7 Å². The standard InChI is InChI=1S/C36H32GeN2O/c1-21(2)17-22-18-30(38-20-29(22)37(3,4)5)28-19-27-25-14-10-13-24-23-11-6-8-15-31(23)39(34(24)25)35(27)33-26-12-7-9-16-32(26)40-36(28)33/h6-16,18-21H,17H2,1-5H3. The molecule has 0 N–H and O–H groups in total. The van der Waals surface area contributed by atoms with Crippen LogP contribution >= 0.6 is 0 Å². The number of furan rings is 1. The molecular weight excluding hydrogens is 549 g/mol. The third-order valence-corrected chi connectivity index (χ3v) is 12.9. The van der Waals surface area contributed by atoms with Gasteiger partial charge in [-0.3, -0.25) is 0 Å². The van der Waals surface area contributed by atoms with Gasteiger partial charge in [0.1, 0.15) is 0 Å². The van der Waals surface area contributed by atoms with Crippen molar-refractivity contribution in [1.29, 1.82) is 0 Å². The first-order valence-corrected chi connectivity index (χ1v) is 21.7. The number of benzene rings is 4. The maximum atomic E-state index is 6.72. The number of rotatable bonds is 4. The van der Waals surface area contributed by atoms with E-state index in [2.05, 4.69) is 121 Å². The second-order valence-corrected chi connectivity index (χ2v) is 23.3. The van der Waals surface area contributed by atoms with Crippen LogP contribution in [0, 0.1) is 5.92 Å². The summed E-state index contributed by atoms with van der Waals surface area (Å²) in [6.45, 7) is 4.62. The second-order valence-electron chi connectivity index (χ2n) is 12.8. The fraction of sp³-hybridized carbons (Fsp3) is 0.194. The van der Waals surface area contributed by atoms with Crippen molar-refractivity contribution in [3.8, 4) is 11.3 Å². The average Bonchev–Trinajstić information content (AvgIpc) is 3.58. The zero-order valence-corrected chi connectivity index (χ0v) is 25.8. The number of fused-ring (bicyclic) bond motifs is 10. The zero-order valence-electron chi connectivity index (χ0n) is 23.7. The van der Waals surface area contributed by atoms with E-state index in [0.717, 1.165) is 34.2 Å². The van der Waals surface area contributed by atoms with E-state index in [1.165, 1.54) is 53.4 Å². The van der Waals surface area contributed by atoms with Crippen LogP contribution in [0.15, 0.2) is 89.5 Å². The molecule has 0 aliphatic rings. The van der Waals surface area contributed by atoms with Crippen molar-refractivity contribution in [2.45, 2.75) is 37.5 Å². The molecule has 0 saturated heterocycles. The van der Waals surface area contributed by atoms with E-state index in [1.807, 2.05) is 0 Å². The number of hydrogen-bond donors (Lipinski definition) is 0. The van der Waals surface area contributed by atoms with Gasteiger partial charge in [0.15, 0.2) is 0 Å². The molecule has 8 rings (SSSR count). The van der Waals surface area contributed by atoms with Crippen molar-refractivity contribution in [2.75, 3.05) is 0 Å². The van der Waals surface area contributed by atoms with E-state index in [4.69, 9.17) is 9.40 Å². The Balaban J connectivity index is 1.56. The fourth-order valence-electron chi connectivity index (χ4n) is 6.91. The molecule has 40 heavy (non-hydrogen) atoms. The molecule has 4 aromatic carbocycles. The Kier molecular flexibility index (Phi) is 5.01. The number of aromatic nitrogens is 2. The Hall–Kier alpha value is -3.83. The summed E-state index contributed by atoms with van der Waals surface area (Å²) in [6.07, 6.45) is 3.25. The van der Waals surface area contributed by atoms with Crippen LogP contribution in [0.2, 0.25) is 17.3 Å². The topological polar surface area (TPSA) is 30.4 Å². The molecule has 4 heteroatoms. The molecule has 0 bridgehead atoms. The van der Waals surface area contributed by atoms with E-state index in [9.17, 15) is 0 Å².